The highest BCUT2D eigenvalue weighted by Gasteiger charge is 2.84. The van der Waals surface area contributed by atoms with Gasteiger partial charge in [-0.05, 0) is 171 Å². The Hall–Kier alpha value is -5.08. The Kier molecular flexibility index (Phi) is 5.98. The molecule has 2 spiro atoms. The van der Waals surface area contributed by atoms with Crippen LogP contribution in [0.5, 0.6) is 0 Å². The number of fused-ring (bicyclic) bond motifs is 12. The van der Waals surface area contributed by atoms with E-state index in [1.165, 1.54) is 76.9 Å². The van der Waals surface area contributed by atoms with Gasteiger partial charge < -0.3 is 9.32 Å². The summed E-state index contributed by atoms with van der Waals surface area (Å²) in [5.74, 6) is 3.67. The van der Waals surface area contributed by atoms with Crippen molar-refractivity contribution in [1.29, 1.82) is 0 Å². The van der Waals surface area contributed by atoms with Gasteiger partial charge in [0, 0.05) is 27.6 Å². The fourth-order valence-electron chi connectivity index (χ4n) is 14.5. The van der Waals surface area contributed by atoms with E-state index in [9.17, 15) is 0 Å². The zero-order chi connectivity index (χ0) is 37.3. The van der Waals surface area contributed by atoms with Gasteiger partial charge in [-0.3, -0.25) is 0 Å². The molecule has 6 aromatic carbocycles. The lowest BCUT2D eigenvalue weighted by Crippen LogP contribution is -2.73. The third-order valence-corrected chi connectivity index (χ3v) is 16.8. The largest absolute Gasteiger partial charge is 0.456 e. The van der Waals surface area contributed by atoms with Crippen LogP contribution in [0, 0.1) is 29.1 Å². The minimum atomic E-state index is 0.0443. The second-order valence-corrected chi connectivity index (χ2v) is 20.0. The molecule has 2 nitrogen and oxygen atoms in total. The van der Waals surface area contributed by atoms with E-state index < -0.39 is 0 Å². The number of hydrogen-bond acceptors (Lipinski definition) is 2. The van der Waals surface area contributed by atoms with Crippen molar-refractivity contribution in [1.82, 2.24) is 0 Å². The Morgan fingerprint density at radius 3 is 2.14 bits per heavy atom. The minimum Gasteiger partial charge on any atom is -0.456 e. The van der Waals surface area contributed by atoms with Crippen molar-refractivity contribution in [2.45, 2.75) is 82.5 Å². The topological polar surface area (TPSA) is 16.4 Å². The molecule has 6 atom stereocenters. The van der Waals surface area contributed by atoms with Gasteiger partial charge in [-0.15, -0.1) is 0 Å². The first kappa shape index (κ1) is 32.1. The molecule has 0 radical (unpaired) electrons. The summed E-state index contributed by atoms with van der Waals surface area (Å²) in [6.45, 7) is 9.74. The number of furan rings is 1. The average molecular weight is 728 g/mol. The number of hydrogen-bond donors (Lipinski definition) is 0. The van der Waals surface area contributed by atoms with Crippen molar-refractivity contribution in [3.8, 4) is 22.3 Å². The van der Waals surface area contributed by atoms with E-state index in [0.717, 1.165) is 57.7 Å². The van der Waals surface area contributed by atoms with Crippen molar-refractivity contribution in [3.05, 3.63) is 150 Å². The Labute approximate surface area is 330 Å². The third-order valence-electron chi connectivity index (χ3n) is 16.8. The maximum absolute atomic E-state index is 6.31. The molecule has 6 aliphatic carbocycles. The monoisotopic (exact) mass is 727 g/mol. The molecule has 4 fully saturated rings. The molecule has 0 saturated heterocycles. The average Bonchev–Trinajstić information content (AvgIpc) is 3.94. The minimum absolute atomic E-state index is 0.0443. The molecular formula is C54H49NO. The molecule has 13 rings (SSSR count). The summed E-state index contributed by atoms with van der Waals surface area (Å²) >= 11 is 0. The molecule has 1 heterocycles. The number of benzene rings is 6. The van der Waals surface area contributed by atoms with Crippen molar-refractivity contribution >= 4 is 39.0 Å². The molecule has 0 aliphatic heterocycles. The maximum atomic E-state index is 6.31. The second kappa shape index (κ2) is 10.5. The quantitative estimate of drug-likeness (QED) is 0.179. The maximum Gasteiger partial charge on any atom is 0.135 e. The van der Waals surface area contributed by atoms with Gasteiger partial charge in [0.2, 0.25) is 0 Å². The van der Waals surface area contributed by atoms with Gasteiger partial charge in [0.05, 0.1) is 5.69 Å². The molecule has 276 valence electrons. The number of nitrogens with zero attached hydrogens (tertiary/aromatic N) is 1. The van der Waals surface area contributed by atoms with E-state index in [-0.39, 0.29) is 16.2 Å². The fourth-order valence-corrected chi connectivity index (χ4v) is 14.5. The summed E-state index contributed by atoms with van der Waals surface area (Å²) in [6, 6.07) is 48.7. The Morgan fingerprint density at radius 2 is 1.27 bits per heavy atom. The van der Waals surface area contributed by atoms with Gasteiger partial charge in [-0.25, -0.2) is 0 Å². The summed E-state index contributed by atoms with van der Waals surface area (Å²) in [6.07, 6.45) is 8.28. The van der Waals surface area contributed by atoms with Crippen LogP contribution in [0.1, 0.15) is 88.5 Å². The molecule has 1 aromatic heterocycles. The first-order chi connectivity index (χ1) is 27.2. The standard InChI is InChI=1S/C54H49NO/c1-51(2)24-25-52(3,4)50-44(51)13-9-14-45(50)55(37-21-23-47-41(30-37)39-11-6-8-15-46(39)56-47)36-19-16-33(17-20-36)34-18-22-43-40(28-34)38-10-5-7-12-42(38)54(43)48-27-32-26-35-29-49(54)53(35,48)31-32/h5-23,28,30,32,35,48-49H,24-27,29,31H2,1-4H3. The van der Waals surface area contributed by atoms with Crippen LogP contribution in [0.25, 0.3) is 44.2 Å². The summed E-state index contributed by atoms with van der Waals surface area (Å²) in [5.41, 5.74) is 18.3. The van der Waals surface area contributed by atoms with Gasteiger partial charge in [-0.1, -0.05) is 107 Å². The summed E-state index contributed by atoms with van der Waals surface area (Å²) < 4.78 is 6.31. The smallest absolute Gasteiger partial charge is 0.135 e. The number of para-hydroxylation sites is 1. The van der Waals surface area contributed by atoms with Gasteiger partial charge in [0.25, 0.3) is 0 Å². The normalized spacial score (nSPS) is 29.1. The third kappa shape index (κ3) is 3.76. The summed E-state index contributed by atoms with van der Waals surface area (Å²) in [5, 5.41) is 2.31. The predicted molar refractivity (Wildman–Crippen MR) is 230 cm³/mol. The lowest BCUT2D eigenvalue weighted by molar-refractivity contribution is -0.231. The molecule has 2 bridgehead atoms. The van der Waals surface area contributed by atoms with Crippen LogP contribution in [-0.4, -0.2) is 0 Å². The van der Waals surface area contributed by atoms with Gasteiger partial charge in [0.15, 0.2) is 0 Å². The molecule has 4 saturated carbocycles. The van der Waals surface area contributed by atoms with E-state index in [1.54, 1.807) is 11.1 Å². The highest BCUT2D eigenvalue weighted by atomic mass is 16.3. The molecule has 6 aliphatic rings. The van der Waals surface area contributed by atoms with E-state index in [0.29, 0.717) is 5.41 Å². The van der Waals surface area contributed by atoms with Crippen LogP contribution in [0.15, 0.2) is 132 Å². The van der Waals surface area contributed by atoms with Crippen LogP contribution in [-0.2, 0) is 16.2 Å². The molecular weight excluding hydrogens is 679 g/mol. The van der Waals surface area contributed by atoms with Crippen LogP contribution < -0.4 is 4.90 Å². The SMILES string of the molecule is CC1(C)CCC(C)(C)c2c(N(c3ccc(-c4ccc5c(c4)-c4ccccc4C54C5CC6CC7CC4C75C6)cc3)c3ccc4oc5ccccc5c4c3)cccc21. The van der Waals surface area contributed by atoms with Gasteiger partial charge in [0.1, 0.15) is 11.2 Å². The lowest BCUT2D eigenvalue weighted by Gasteiger charge is -2.76. The van der Waals surface area contributed by atoms with Crippen molar-refractivity contribution < 1.29 is 4.42 Å². The summed E-state index contributed by atoms with van der Waals surface area (Å²) in [4.78, 5) is 2.52. The molecule has 7 aromatic rings. The van der Waals surface area contributed by atoms with E-state index in [4.69, 9.17) is 4.42 Å². The molecule has 6 unspecified atom stereocenters. The van der Waals surface area contributed by atoms with Gasteiger partial charge >= 0.3 is 0 Å². The van der Waals surface area contributed by atoms with Crippen LogP contribution in [0.4, 0.5) is 17.1 Å². The predicted octanol–water partition coefficient (Wildman–Crippen LogP) is 14.4. The van der Waals surface area contributed by atoms with E-state index in [1.807, 2.05) is 0 Å². The van der Waals surface area contributed by atoms with Crippen molar-refractivity contribution in [2.75, 3.05) is 4.90 Å². The van der Waals surface area contributed by atoms with Crippen LogP contribution in [0.3, 0.4) is 0 Å². The first-order valence-corrected chi connectivity index (χ1v) is 21.4. The second-order valence-electron chi connectivity index (χ2n) is 20.0. The highest BCUT2D eigenvalue weighted by Crippen LogP contribution is 2.89. The van der Waals surface area contributed by atoms with E-state index in [2.05, 4.69) is 160 Å². The highest BCUT2D eigenvalue weighted by molar-refractivity contribution is 6.06. The lowest BCUT2D eigenvalue weighted by atomic mass is 9.27. The van der Waals surface area contributed by atoms with Crippen molar-refractivity contribution in [2.24, 2.45) is 29.1 Å². The van der Waals surface area contributed by atoms with Crippen molar-refractivity contribution in [3.63, 3.8) is 0 Å². The molecule has 0 amide bonds. The first-order valence-electron chi connectivity index (χ1n) is 21.4. The fraction of sp³-hybridized carbons (Fsp3) is 0.333. The molecule has 2 heteroatoms. The van der Waals surface area contributed by atoms with Crippen LogP contribution >= 0.6 is 0 Å². The summed E-state index contributed by atoms with van der Waals surface area (Å²) in [7, 11) is 0. The zero-order valence-corrected chi connectivity index (χ0v) is 33.0. The molecule has 0 N–H and O–H groups in total. The Balaban J connectivity index is 0.943. The van der Waals surface area contributed by atoms with Crippen LogP contribution in [0.2, 0.25) is 0 Å². The zero-order valence-electron chi connectivity index (χ0n) is 33.0. The van der Waals surface area contributed by atoms with Gasteiger partial charge in [-0.2, -0.15) is 0 Å². The Bertz CT molecular complexity index is 2820. The Morgan fingerprint density at radius 1 is 0.554 bits per heavy atom. The van der Waals surface area contributed by atoms with E-state index >= 15 is 0 Å². The number of anilines is 3. The number of rotatable bonds is 4. The molecule has 56 heavy (non-hydrogen) atoms.